The molecule has 0 unspecified atom stereocenters. The van der Waals surface area contributed by atoms with E-state index in [-0.39, 0.29) is 33.8 Å². The van der Waals surface area contributed by atoms with E-state index >= 15 is 0 Å². The van der Waals surface area contributed by atoms with E-state index in [0.29, 0.717) is 0 Å². The topological polar surface area (TPSA) is 308 Å². The van der Waals surface area contributed by atoms with Crippen molar-refractivity contribution in [3.8, 4) is 34.3 Å². The molecule has 3 aliphatic heterocycles. The fourth-order valence-corrected chi connectivity index (χ4v) is 6.19. The van der Waals surface area contributed by atoms with Gasteiger partial charge in [0.2, 0.25) is 17.5 Å². The summed E-state index contributed by atoms with van der Waals surface area (Å²) in [7, 11) is 0. The summed E-state index contributed by atoms with van der Waals surface area (Å²) in [5.74, 6) is -2.02. The van der Waals surface area contributed by atoms with Crippen LogP contribution in [0.4, 0.5) is 0 Å². The van der Waals surface area contributed by atoms with Crippen LogP contribution in [0.5, 0.6) is 23.0 Å². The number of phenolic OH excluding ortho intramolecular Hbond substituents is 2. The van der Waals surface area contributed by atoms with Gasteiger partial charge in [0, 0.05) is 17.7 Å². The quantitative estimate of drug-likeness (QED) is 0.113. The lowest BCUT2D eigenvalue weighted by Crippen LogP contribution is -2.64. The Morgan fingerprint density at radius 3 is 1.94 bits per heavy atom. The van der Waals surface area contributed by atoms with Crippen molar-refractivity contribution < 1.29 is 89.0 Å². The van der Waals surface area contributed by atoms with Crippen LogP contribution < -0.4 is 10.2 Å². The van der Waals surface area contributed by atoms with Crippen LogP contribution in [-0.2, 0) is 23.7 Å². The molecule has 0 spiro atoms. The average molecular weight is 741 g/mol. The van der Waals surface area contributed by atoms with Crippen LogP contribution in [0.2, 0.25) is 0 Å². The molecule has 3 fully saturated rings. The molecule has 19 nitrogen and oxygen atoms in total. The minimum atomic E-state index is -1.81. The standard InChI is InChI=1S/C33H40O19/c1-10-19(36)23(40)27(44)31(47-10)52-30-25(42)20(37)11(2)48-33(30)46-9-17-21(38)24(41)28(45)32(51-17)49-14-5-3-12(4-6-14)29-26(43)22(39)18-15(35)7-13(34)8-16(18)50-29/h3-8,10-11,17,19-21,23-25,27-28,30-38,40-45H,9H2,1-2H3/t10-,11+,17+,19-,20+,21+,23+,24-,25+,27-,28+,30+,31-,32-,33+/m1/s1. The summed E-state index contributed by atoms with van der Waals surface area (Å²) in [6.07, 6.45) is -23.0. The van der Waals surface area contributed by atoms with E-state index in [1.165, 1.54) is 38.1 Å². The van der Waals surface area contributed by atoms with E-state index in [1.54, 1.807) is 0 Å². The molecule has 0 bridgehead atoms. The van der Waals surface area contributed by atoms with Crippen LogP contribution in [0.1, 0.15) is 13.8 Å². The van der Waals surface area contributed by atoms with Gasteiger partial charge >= 0.3 is 0 Å². The molecule has 0 amide bonds. The van der Waals surface area contributed by atoms with Gasteiger partial charge in [0.15, 0.2) is 18.3 Å². The summed E-state index contributed by atoms with van der Waals surface area (Å²) in [6, 6.07) is 7.45. The number of ether oxygens (including phenoxy) is 6. The van der Waals surface area contributed by atoms with Crippen molar-refractivity contribution in [2.24, 2.45) is 0 Å². The molecule has 0 aliphatic carbocycles. The Labute approximate surface area is 293 Å². The maximum atomic E-state index is 12.7. The number of phenols is 2. The summed E-state index contributed by atoms with van der Waals surface area (Å²) in [5.41, 5.74) is -0.964. The maximum absolute atomic E-state index is 12.7. The van der Waals surface area contributed by atoms with E-state index in [2.05, 4.69) is 0 Å². The van der Waals surface area contributed by atoms with Crippen molar-refractivity contribution in [2.75, 3.05) is 6.61 Å². The smallest absolute Gasteiger partial charge is 0.238 e. The fraction of sp³-hybridized carbons (Fsp3) is 0.545. The van der Waals surface area contributed by atoms with Gasteiger partial charge in [-0.25, -0.2) is 0 Å². The fourth-order valence-electron chi connectivity index (χ4n) is 6.19. The highest BCUT2D eigenvalue weighted by molar-refractivity contribution is 5.88. The number of hydrogen-bond acceptors (Lipinski definition) is 19. The van der Waals surface area contributed by atoms with Gasteiger partial charge in [-0.05, 0) is 38.1 Å². The predicted molar refractivity (Wildman–Crippen MR) is 170 cm³/mol. The largest absolute Gasteiger partial charge is 0.508 e. The average Bonchev–Trinajstić information content (AvgIpc) is 3.11. The third kappa shape index (κ3) is 7.16. The molecule has 52 heavy (non-hydrogen) atoms. The molecule has 0 radical (unpaired) electrons. The third-order valence-electron chi connectivity index (χ3n) is 9.28. The Hall–Kier alpha value is -3.67. The zero-order valence-corrected chi connectivity index (χ0v) is 27.5. The molecule has 3 aliphatic rings. The van der Waals surface area contributed by atoms with Crippen molar-refractivity contribution in [3.63, 3.8) is 0 Å². The van der Waals surface area contributed by atoms with E-state index in [4.69, 9.17) is 32.8 Å². The lowest BCUT2D eigenvalue weighted by molar-refractivity contribution is -0.367. The molecule has 1 aromatic heterocycles. The molecule has 3 aromatic rings. The lowest BCUT2D eigenvalue weighted by Gasteiger charge is -2.46. The van der Waals surface area contributed by atoms with E-state index < -0.39 is 116 Å². The number of aromatic hydroxyl groups is 3. The van der Waals surface area contributed by atoms with E-state index in [1.807, 2.05) is 0 Å². The first-order chi connectivity index (χ1) is 24.6. The monoisotopic (exact) mass is 740 g/mol. The van der Waals surface area contributed by atoms with Crippen molar-refractivity contribution in [2.45, 2.75) is 106 Å². The molecule has 15 atom stereocenters. The van der Waals surface area contributed by atoms with Gasteiger partial charge < -0.3 is 89.0 Å². The lowest BCUT2D eigenvalue weighted by atomic mass is 9.97. The second-order valence-electron chi connectivity index (χ2n) is 12.9. The molecular weight excluding hydrogens is 700 g/mol. The first kappa shape index (κ1) is 38.1. The number of aliphatic hydroxyl groups excluding tert-OH is 8. The zero-order chi connectivity index (χ0) is 37.8. The van der Waals surface area contributed by atoms with Crippen LogP contribution in [0.3, 0.4) is 0 Å². The highest BCUT2D eigenvalue weighted by atomic mass is 16.8. The Balaban J connectivity index is 1.15. The van der Waals surface area contributed by atoms with Gasteiger partial charge in [-0.3, -0.25) is 4.79 Å². The first-order valence-electron chi connectivity index (χ1n) is 16.2. The van der Waals surface area contributed by atoms with Gasteiger partial charge in [-0.2, -0.15) is 0 Å². The van der Waals surface area contributed by atoms with Crippen molar-refractivity contribution in [1.29, 1.82) is 0 Å². The molecular formula is C33H40O19. The highest BCUT2D eigenvalue weighted by Gasteiger charge is 2.51. The van der Waals surface area contributed by atoms with E-state index in [0.717, 1.165) is 12.1 Å². The van der Waals surface area contributed by atoms with Gasteiger partial charge in [0.25, 0.3) is 0 Å². The summed E-state index contributed by atoms with van der Waals surface area (Å²) in [5, 5.41) is 114. The highest BCUT2D eigenvalue weighted by Crippen LogP contribution is 2.36. The molecule has 6 rings (SSSR count). The van der Waals surface area contributed by atoms with E-state index in [9.17, 15) is 61.0 Å². The second kappa shape index (κ2) is 15.0. The van der Waals surface area contributed by atoms with Gasteiger partial charge in [0.05, 0.1) is 18.8 Å². The number of hydrogen-bond donors (Lipinski definition) is 11. The Morgan fingerprint density at radius 2 is 1.27 bits per heavy atom. The zero-order valence-electron chi connectivity index (χ0n) is 27.5. The van der Waals surface area contributed by atoms with Crippen LogP contribution in [-0.4, -0.2) is 155 Å². The van der Waals surface area contributed by atoms with Crippen LogP contribution in [0.15, 0.2) is 45.6 Å². The summed E-state index contributed by atoms with van der Waals surface area (Å²) in [4.78, 5) is 12.7. The van der Waals surface area contributed by atoms with Gasteiger partial charge in [-0.15, -0.1) is 0 Å². The minimum absolute atomic E-state index is 0.0524. The summed E-state index contributed by atoms with van der Waals surface area (Å²) in [6.45, 7) is 2.28. The number of rotatable bonds is 8. The molecule has 2 aromatic carbocycles. The number of aliphatic hydroxyl groups is 8. The first-order valence-corrected chi connectivity index (χ1v) is 16.2. The van der Waals surface area contributed by atoms with Crippen LogP contribution in [0.25, 0.3) is 22.3 Å². The summed E-state index contributed by atoms with van der Waals surface area (Å²) >= 11 is 0. The number of benzene rings is 2. The minimum Gasteiger partial charge on any atom is -0.508 e. The summed E-state index contributed by atoms with van der Waals surface area (Å²) < 4.78 is 39.6. The SMILES string of the molecule is C[C@@H]1O[C@H](OC[C@@H]2O[C@@H](Oc3ccc(-c4oc5cc(O)cc(O)c5c(=O)c4O)cc3)[C@@H](O)[C@H](O)[C@H]2O)[C@@H](O[C@H]2O[C@H](C)[C@@H](O)[C@H](O)[C@H]2O)[C@@H](O)[C@H]1O. The molecule has 286 valence electrons. The van der Waals surface area contributed by atoms with Crippen LogP contribution in [0, 0.1) is 0 Å². The molecule has 0 saturated carbocycles. The second-order valence-corrected chi connectivity index (χ2v) is 12.9. The van der Waals surface area contributed by atoms with Gasteiger partial charge in [0.1, 0.15) is 89.3 Å². The van der Waals surface area contributed by atoms with Crippen molar-refractivity contribution in [3.05, 3.63) is 46.6 Å². The Bertz CT molecular complexity index is 1770. The molecule has 3 saturated heterocycles. The van der Waals surface area contributed by atoms with Crippen molar-refractivity contribution >= 4 is 11.0 Å². The molecule has 4 heterocycles. The van der Waals surface area contributed by atoms with Crippen LogP contribution >= 0.6 is 0 Å². The Kier molecular flexibility index (Phi) is 11.0. The molecule has 19 heteroatoms. The third-order valence-corrected chi connectivity index (χ3v) is 9.28. The van der Waals surface area contributed by atoms with Crippen molar-refractivity contribution in [1.82, 2.24) is 0 Å². The molecule has 11 N–H and O–H groups in total. The number of fused-ring (bicyclic) bond motifs is 1. The normalized spacial score (nSPS) is 38.3. The predicted octanol–water partition coefficient (Wildman–Crippen LogP) is -2.54. The van der Waals surface area contributed by atoms with Gasteiger partial charge in [-0.1, -0.05) is 0 Å². The maximum Gasteiger partial charge on any atom is 0.238 e. The Morgan fingerprint density at radius 1 is 0.673 bits per heavy atom.